The number of anilines is 2. The van der Waals surface area contributed by atoms with E-state index < -0.39 is 0 Å². The normalized spacial score (nSPS) is 10.6. The number of hydrogen-bond acceptors (Lipinski definition) is 6. The van der Waals surface area contributed by atoms with Gasteiger partial charge in [-0.2, -0.15) is 5.10 Å². The van der Waals surface area contributed by atoms with E-state index in [4.69, 9.17) is 5.73 Å². The van der Waals surface area contributed by atoms with E-state index in [0.29, 0.717) is 11.4 Å². The van der Waals surface area contributed by atoms with E-state index in [2.05, 4.69) is 15.4 Å². The van der Waals surface area contributed by atoms with Gasteiger partial charge in [0.15, 0.2) is 5.13 Å². The lowest BCUT2D eigenvalue weighted by Crippen LogP contribution is -2.25. The van der Waals surface area contributed by atoms with Gasteiger partial charge in [0, 0.05) is 33.9 Å². The molecular formula is C12H18N6OS. The molecule has 7 nitrogen and oxygen atoms in total. The number of aryl methyl sites for hydroxylation is 1. The number of nitrogens with two attached hydrogens (primary N) is 1. The summed E-state index contributed by atoms with van der Waals surface area (Å²) in [5.74, 6) is 0.0922. The summed E-state index contributed by atoms with van der Waals surface area (Å²) in [6, 6.07) is 0. The first-order chi connectivity index (χ1) is 9.47. The second-order valence-electron chi connectivity index (χ2n) is 4.63. The number of amides is 1. The van der Waals surface area contributed by atoms with Crippen LogP contribution in [0.3, 0.4) is 0 Å². The van der Waals surface area contributed by atoms with Crippen LogP contribution in [0.5, 0.6) is 0 Å². The lowest BCUT2D eigenvalue weighted by molar-refractivity contribution is 0.0959. The number of nitrogens with one attached hydrogen (secondary N) is 1. The molecule has 0 aromatic carbocycles. The van der Waals surface area contributed by atoms with Crippen LogP contribution < -0.4 is 16.0 Å². The number of carbonyl (C=O) groups is 1. The molecule has 3 N–H and O–H groups in total. The van der Waals surface area contributed by atoms with Gasteiger partial charge in [-0.25, -0.2) is 4.98 Å². The summed E-state index contributed by atoms with van der Waals surface area (Å²) in [4.78, 5) is 18.5. The molecule has 1 amide bonds. The molecule has 2 heterocycles. The monoisotopic (exact) mass is 294 g/mol. The van der Waals surface area contributed by atoms with Crippen molar-refractivity contribution in [2.24, 2.45) is 7.05 Å². The number of aromatic nitrogens is 3. The standard InChI is InChI=1S/C12H18N6OS/c1-17(2)12-16-10(13)9(20-12)11(19)14-5-4-8-6-15-18(3)7-8/h6-7H,4-5,13H2,1-3H3,(H,14,19). The Morgan fingerprint density at radius 2 is 2.30 bits per heavy atom. The molecule has 0 aliphatic carbocycles. The summed E-state index contributed by atoms with van der Waals surface area (Å²) >= 11 is 1.29. The van der Waals surface area contributed by atoms with Gasteiger partial charge in [-0.15, -0.1) is 0 Å². The molecule has 0 fully saturated rings. The van der Waals surface area contributed by atoms with E-state index in [9.17, 15) is 4.79 Å². The number of hydrogen-bond donors (Lipinski definition) is 2. The maximum absolute atomic E-state index is 12.0. The highest BCUT2D eigenvalue weighted by Crippen LogP contribution is 2.26. The van der Waals surface area contributed by atoms with Crippen molar-refractivity contribution in [1.82, 2.24) is 20.1 Å². The second kappa shape index (κ2) is 5.91. The van der Waals surface area contributed by atoms with Gasteiger partial charge >= 0.3 is 0 Å². The zero-order valence-electron chi connectivity index (χ0n) is 11.8. The van der Waals surface area contributed by atoms with Gasteiger partial charge < -0.3 is 16.0 Å². The SMILES string of the molecule is CN(C)c1nc(N)c(C(=O)NCCc2cnn(C)c2)s1. The molecule has 8 heteroatoms. The molecule has 2 rings (SSSR count). The second-order valence-corrected chi connectivity index (χ2v) is 5.61. The summed E-state index contributed by atoms with van der Waals surface area (Å²) in [5.41, 5.74) is 6.85. The van der Waals surface area contributed by atoms with Gasteiger partial charge in [0.2, 0.25) is 0 Å². The molecule has 0 saturated carbocycles. The van der Waals surface area contributed by atoms with Crippen molar-refractivity contribution in [3.8, 4) is 0 Å². The predicted octanol–water partition coefficient (Wildman–Crippen LogP) is 0.497. The number of rotatable bonds is 5. The summed E-state index contributed by atoms with van der Waals surface area (Å²) in [5, 5.41) is 7.65. The van der Waals surface area contributed by atoms with Crippen molar-refractivity contribution in [1.29, 1.82) is 0 Å². The lowest BCUT2D eigenvalue weighted by Gasteiger charge is -2.05. The van der Waals surface area contributed by atoms with Gasteiger partial charge in [-0.1, -0.05) is 11.3 Å². The van der Waals surface area contributed by atoms with Crippen molar-refractivity contribution < 1.29 is 4.79 Å². The van der Waals surface area contributed by atoms with Gasteiger partial charge in [0.25, 0.3) is 5.91 Å². The maximum Gasteiger partial charge on any atom is 0.265 e. The fourth-order valence-electron chi connectivity index (χ4n) is 1.68. The zero-order chi connectivity index (χ0) is 14.7. The molecule has 0 spiro atoms. The molecule has 2 aromatic heterocycles. The third kappa shape index (κ3) is 3.27. The molecule has 0 aliphatic rings. The first-order valence-electron chi connectivity index (χ1n) is 6.16. The average molecular weight is 294 g/mol. The summed E-state index contributed by atoms with van der Waals surface area (Å²) < 4.78 is 1.74. The lowest BCUT2D eigenvalue weighted by atomic mass is 10.2. The van der Waals surface area contributed by atoms with E-state index in [-0.39, 0.29) is 11.7 Å². The molecule has 0 saturated heterocycles. The van der Waals surface area contributed by atoms with E-state index in [1.807, 2.05) is 32.2 Å². The van der Waals surface area contributed by atoms with E-state index in [0.717, 1.165) is 17.1 Å². The predicted molar refractivity (Wildman–Crippen MR) is 80.1 cm³/mol. The largest absolute Gasteiger partial charge is 0.382 e. The van der Waals surface area contributed by atoms with E-state index in [1.165, 1.54) is 11.3 Å². The summed E-state index contributed by atoms with van der Waals surface area (Å²) in [7, 11) is 5.59. The van der Waals surface area contributed by atoms with Crippen molar-refractivity contribution in [3.63, 3.8) is 0 Å². The van der Waals surface area contributed by atoms with Gasteiger partial charge in [0.05, 0.1) is 6.20 Å². The topological polar surface area (TPSA) is 89.1 Å². The Balaban J connectivity index is 1.91. The Morgan fingerprint density at radius 1 is 1.55 bits per heavy atom. The van der Waals surface area contributed by atoms with Crippen LogP contribution in [-0.4, -0.2) is 41.3 Å². The van der Waals surface area contributed by atoms with Crippen LogP contribution in [-0.2, 0) is 13.5 Å². The molecule has 0 unspecified atom stereocenters. The number of carbonyl (C=O) groups excluding carboxylic acids is 1. The Labute approximate surface area is 121 Å². The van der Waals surface area contributed by atoms with Gasteiger partial charge in [0.1, 0.15) is 10.7 Å². The van der Waals surface area contributed by atoms with Crippen LogP contribution in [0.4, 0.5) is 10.9 Å². The van der Waals surface area contributed by atoms with Gasteiger partial charge in [-0.05, 0) is 12.0 Å². The van der Waals surface area contributed by atoms with Gasteiger partial charge in [-0.3, -0.25) is 9.48 Å². The van der Waals surface area contributed by atoms with Crippen LogP contribution in [0.2, 0.25) is 0 Å². The molecule has 20 heavy (non-hydrogen) atoms. The minimum absolute atomic E-state index is 0.183. The molecule has 108 valence electrons. The van der Waals surface area contributed by atoms with Crippen molar-refractivity contribution in [2.75, 3.05) is 31.3 Å². The van der Waals surface area contributed by atoms with Crippen LogP contribution in [0.25, 0.3) is 0 Å². The first kappa shape index (κ1) is 14.3. The Hall–Kier alpha value is -2.09. The molecule has 0 atom stereocenters. The Bertz CT molecular complexity index is 603. The van der Waals surface area contributed by atoms with Crippen LogP contribution in [0.15, 0.2) is 12.4 Å². The van der Waals surface area contributed by atoms with Crippen molar-refractivity contribution in [2.45, 2.75) is 6.42 Å². The zero-order valence-corrected chi connectivity index (χ0v) is 12.6. The molecule has 2 aromatic rings. The third-order valence-corrected chi connectivity index (χ3v) is 3.93. The van der Waals surface area contributed by atoms with Crippen LogP contribution in [0.1, 0.15) is 15.2 Å². The molecule has 0 radical (unpaired) electrons. The highest BCUT2D eigenvalue weighted by atomic mass is 32.1. The van der Waals surface area contributed by atoms with Crippen molar-refractivity contribution >= 4 is 28.2 Å². The minimum Gasteiger partial charge on any atom is -0.382 e. The minimum atomic E-state index is -0.183. The molecular weight excluding hydrogens is 276 g/mol. The summed E-state index contributed by atoms with van der Waals surface area (Å²) in [6.45, 7) is 0.541. The highest BCUT2D eigenvalue weighted by Gasteiger charge is 2.16. The number of nitrogens with zero attached hydrogens (tertiary/aromatic N) is 4. The smallest absolute Gasteiger partial charge is 0.265 e. The Morgan fingerprint density at radius 3 is 2.85 bits per heavy atom. The number of nitrogen functional groups attached to an aromatic ring is 1. The summed E-state index contributed by atoms with van der Waals surface area (Å²) in [6.07, 6.45) is 4.45. The maximum atomic E-state index is 12.0. The van der Waals surface area contributed by atoms with Crippen molar-refractivity contribution in [3.05, 3.63) is 22.8 Å². The van der Waals surface area contributed by atoms with Crippen LogP contribution in [0, 0.1) is 0 Å². The van der Waals surface area contributed by atoms with Crippen LogP contribution >= 0.6 is 11.3 Å². The Kier molecular flexibility index (Phi) is 4.23. The fraction of sp³-hybridized carbons (Fsp3) is 0.417. The highest BCUT2D eigenvalue weighted by molar-refractivity contribution is 7.18. The first-order valence-corrected chi connectivity index (χ1v) is 6.98. The fourth-order valence-corrected chi connectivity index (χ4v) is 2.50. The number of thiazole rings is 1. The average Bonchev–Trinajstić information content (AvgIpc) is 2.95. The third-order valence-electron chi connectivity index (χ3n) is 2.69. The van der Waals surface area contributed by atoms with E-state index in [1.54, 1.807) is 10.9 Å². The molecule has 0 aliphatic heterocycles. The van der Waals surface area contributed by atoms with E-state index >= 15 is 0 Å². The molecule has 0 bridgehead atoms. The quantitative estimate of drug-likeness (QED) is 0.838.